The predicted octanol–water partition coefficient (Wildman–Crippen LogP) is -4.41. The minimum absolute atomic E-state index is 0.00725. The van der Waals surface area contributed by atoms with Crippen LogP contribution in [0.1, 0.15) is 124 Å². The largest absolute Gasteiger partial charge is 0.481 e. The SMILES string of the molecule is CC(C)C[C@@H]1NC(=O)[C@@H]2CCCN2C(=O)[C@H](CC(C)C)NC(=O)[C@H]2CSc3[nH]c4ccccc4c3C[C@@H](NC(=O)[C@H](CCC(N)=O)NC1=O)C(=O)N[C@@H](CC(=O)O)C(=O)N[C@@H](CCC(=O)O)C(=O)N[C@@H](CCC(=O)O)C(=O)N[C@@H]([C@@H](C)O)C(=O)NCC(=O)N[C@@H](CCC(=O)O)C(=O)N2. The van der Waals surface area contributed by atoms with E-state index in [1.807, 2.05) is 0 Å². The molecule has 0 saturated carbocycles. The number of carbonyl (C=O) groups is 17. The van der Waals surface area contributed by atoms with E-state index in [0.29, 0.717) is 10.9 Å². The van der Waals surface area contributed by atoms with Crippen LogP contribution in [0.15, 0.2) is 29.3 Å². The Bertz CT molecular complexity index is 3360. The van der Waals surface area contributed by atoms with Gasteiger partial charge in [0.25, 0.3) is 0 Å². The van der Waals surface area contributed by atoms with Crippen LogP contribution in [0, 0.1) is 11.8 Å². The standard InChI is InChI=1S/C61H86N14O22S/c1-27(2)21-37-54(91)66-34(12-16-43(62)77)52(89)68-38-23-31-30-9-6-7-10-32(30)73-60(31)98-26-41(57(94)71-40(22-28(3)4)61(97)75-20-8-11-42(75)58(95)70-37)72-50(87)33(13-17-45(79)80)64-44(78)25-63-59(96)49(29(5)76)74-53(90)36(15-19-47(83)84)65-51(88)35(14-18-46(81)82)67-56(93)39(24-48(85)86)69-55(38)92/h6-7,9-10,27-29,33-42,49,73,76H,8,11-26H2,1-5H3,(H2,62,77)(H,63,96)(H,64,78)(H,65,88)(H,66,91)(H,67,93)(H,68,89)(H,69,92)(H,70,95)(H,71,94)(H,72,87)(H,74,90)(H,79,80)(H,81,82)(H,83,84)(H,85,86)/t29-,33+,34+,35+,36+,37+,38-,39+,40+,41-,42+,49+/m1/s1. The molecule has 13 amide bonds. The molecule has 37 heteroatoms. The number of H-pyrrole nitrogens is 1. The van der Waals surface area contributed by atoms with Crippen molar-refractivity contribution in [2.75, 3.05) is 18.8 Å². The summed E-state index contributed by atoms with van der Waals surface area (Å²) in [7, 11) is 0. The molecule has 538 valence electrons. The van der Waals surface area contributed by atoms with Crippen LogP contribution in [0.5, 0.6) is 0 Å². The van der Waals surface area contributed by atoms with Gasteiger partial charge in [-0.25, -0.2) is 0 Å². The summed E-state index contributed by atoms with van der Waals surface area (Å²) in [5, 5.41) is 76.7. The first-order chi connectivity index (χ1) is 46.1. The number of hydrogen-bond donors (Lipinski definition) is 18. The molecule has 12 atom stereocenters. The van der Waals surface area contributed by atoms with Gasteiger partial charge in [-0.3, -0.25) is 81.5 Å². The molecule has 0 spiro atoms. The molecule has 2 aromatic rings. The molecule has 0 unspecified atom stereocenters. The van der Waals surface area contributed by atoms with Crippen LogP contribution in [0.4, 0.5) is 0 Å². The molecule has 0 radical (unpaired) electrons. The topological polar surface area (TPSA) is 569 Å². The summed E-state index contributed by atoms with van der Waals surface area (Å²) in [5.74, 6) is -22.6. The maximum Gasteiger partial charge on any atom is 0.305 e. The molecule has 5 rings (SSSR count). The molecule has 4 heterocycles. The zero-order valence-electron chi connectivity index (χ0n) is 54.5. The molecule has 1 aromatic carbocycles. The van der Waals surface area contributed by atoms with E-state index in [9.17, 15) is 97.5 Å². The number of amides is 13. The van der Waals surface area contributed by atoms with Gasteiger partial charge in [0.1, 0.15) is 66.5 Å². The lowest BCUT2D eigenvalue weighted by molar-refractivity contribution is -0.143. The lowest BCUT2D eigenvalue weighted by Crippen LogP contribution is -2.61. The van der Waals surface area contributed by atoms with Crippen molar-refractivity contribution in [1.82, 2.24) is 68.4 Å². The third-order valence-corrected chi connectivity index (χ3v) is 17.1. The van der Waals surface area contributed by atoms with Crippen molar-refractivity contribution < 1.29 is 107 Å². The number of nitrogens with one attached hydrogen (secondary N) is 12. The number of hydrogen-bond acceptors (Lipinski definition) is 19. The number of para-hydroxylation sites is 1. The fourth-order valence-electron chi connectivity index (χ4n) is 11.1. The quantitative estimate of drug-likeness (QED) is 0.0631. The number of rotatable bonds is 19. The highest BCUT2D eigenvalue weighted by Crippen LogP contribution is 2.32. The van der Waals surface area contributed by atoms with Gasteiger partial charge in [-0.05, 0) is 81.8 Å². The number of aromatic amines is 1. The fourth-order valence-corrected chi connectivity index (χ4v) is 12.2. The number of aliphatic hydroxyl groups excluding tert-OH is 1. The second kappa shape index (κ2) is 37.0. The smallest absolute Gasteiger partial charge is 0.305 e. The van der Waals surface area contributed by atoms with Gasteiger partial charge < -0.3 is 99.6 Å². The summed E-state index contributed by atoms with van der Waals surface area (Å²) >= 11 is 0.797. The molecule has 0 aliphatic carbocycles. The number of aliphatic carboxylic acids is 4. The van der Waals surface area contributed by atoms with E-state index < -0.39 is 250 Å². The normalized spacial score (nSPS) is 25.6. The molecular weight excluding hydrogens is 1310 g/mol. The van der Waals surface area contributed by atoms with Crippen LogP contribution in [0.2, 0.25) is 0 Å². The number of carboxylic acid groups (broad SMARTS) is 4. The number of primary amides is 1. The second-order valence-corrected chi connectivity index (χ2v) is 25.9. The summed E-state index contributed by atoms with van der Waals surface area (Å²) in [5.41, 5.74) is 6.02. The molecule has 1 saturated heterocycles. The Balaban J connectivity index is 1.81. The van der Waals surface area contributed by atoms with E-state index in [2.05, 4.69) is 63.5 Å². The number of carbonyl (C=O) groups excluding carboxylic acids is 13. The predicted molar refractivity (Wildman–Crippen MR) is 342 cm³/mol. The van der Waals surface area contributed by atoms with Gasteiger partial charge in [0, 0.05) is 55.3 Å². The van der Waals surface area contributed by atoms with Gasteiger partial charge in [0.15, 0.2) is 0 Å². The third kappa shape index (κ3) is 24.0. The van der Waals surface area contributed by atoms with Gasteiger partial charge >= 0.3 is 23.9 Å². The van der Waals surface area contributed by atoms with Crippen LogP contribution in [0.25, 0.3) is 10.9 Å². The summed E-state index contributed by atoms with van der Waals surface area (Å²) < 4.78 is 0. The Morgan fingerprint density at radius 3 is 1.53 bits per heavy atom. The van der Waals surface area contributed by atoms with E-state index in [0.717, 1.165) is 18.7 Å². The third-order valence-electron chi connectivity index (χ3n) is 16.0. The summed E-state index contributed by atoms with van der Waals surface area (Å²) in [6.07, 6.45) is -9.60. The number of aliphatic hydroxyl groups is 1. The molecular formula is C61H86N14O22S. The number of benzene rings is 1. The molecule has 2 bridgehead atoms. The first kappa shape index (κ1) is 78.8. The highest BCUT2D eigenvalue weighted by molar-refractivity contribution is 7.99. The number of nitrogens with two attached hydrogens (primary N) is 1. The van der Waals surface area contributed by atoms with E-state index in [4.69, 9.17) is 5.73 Å². The van der Waals surface area contributed by atoms with Crippen LogP contribution in [0.3, 0.4) is 0 Å². The van der Waals surface area contributed by atoms with Crippen molar-refractivity contribution in [2.24, 2.45) is 17.6 Å². The number of nitrogens with zero attached hydrogens (tertiary/aromatic N) is 1. The van der Waals surface area contributed by atoms with Crippen molar-refractivity contribution in [3.63, 3.8) is 0 Å². The summed E-state index contributed by atoms with van der Waals surface area (Å²) in [6.45, 7) is 6.83. The van der Waals surface area contributed by atoms with Gasteiger partial charge in [-0.1, -0.05) is 45.9 Å². The number of aromatic nitrogens is 1. The zero-order valence-corrected chi connectivity index (χ0v) is 55.3. The molecule has 1 fully saturated rings. The Labute approximate surface area is 565 Å². The van der Waals surface area contributed by atoms with E-state index >= 15 is 9.59 Å². The minimum Gasteiger partial charge on any atom is -0.481 e. The first-order valence-electron chi connectivity index (χ1n) is 31.8. The zero-order chi connectivity index (χ0) is 72.8. The molecule has 98 heavy (non-hydrogen) atoms. The van der Waals surface area contributed by atoms with Gasteiger partial charge in [0.05, 0.1) is 24.1 Å². The monoisotopic (exact) mass is 1400 g/mol. The maximum absolute atomic E-state index is 15.2. The second-order valence-electron chi connectivity index (χ2n) is 24.9. The maximum atomic E-state index is 15.2. The Hall–Kier alpha value is -9.94. The number of thioether (sulfide) groups is 1. The molecule has 1 aromatic heterocycles. The van der Waals surface area contributed by atoms with Crippen LogP contribution < -0.4 is 64.2 Å². The molecule has 3 aliphatic heterocycles. The summed E-state index contributed by atoms with van der Waals surface area (Å²) in [6, 6.07) is -13.6. The Kier molecular flexibility index (Phi) is 29.7. The van der Waals surface area contributed by atoms with Crippen molar-refractivity contribution in [3.05, 3.63) is 29.8 Å². The molecule has 36 nitrogen and oxygen atoms in total. The number of fused-ring (bicyclic) bond motifs is 5. The van der Waals surface area contributed by atoms with E-state index in [1.165, 1.54) is 4.90 Å². The van der Waals surface area contributed by atoms with Gasteiger partial charge in [-0.2, -0.15) is 0 Å². The van der Waals surface area contributed by atoms with Crippen molar-refractivity contribution in [3.8, 4) is 0 Å². The van der Waals surface area contributed by atoms with E-state index in [-0.39, 0.29) is 54.7 Å². The van der Waals surface area contributed by atoms with Crippen LogP contribution >= 0.6 is 11.8 Å². The summed E-state index contributed by atoms with van der Waals surface area (Å²) in [4.78, 5) is 239. The highest BCUT2D eigenvalue weighted by Gasteiger charge is 2.42. The Morgan fingerprint density at radius 2 is 0.990 bits per heavy atom. The van der Waals surface area contributed by atoms with Crippen LogP contribution in [-0.2, 0) is 87.9 Å². The first-order valence-corrected chi connectivity index (χ1v) is 32.8. The van der Waals surface area contributed by atoms with Gasteiger partial charge in [0.2, 0.25) is 76.8 Å². The lowest BCUT2D eigenvalue weighted by atomic mass is 10.00. The fraction of sp³-hybridized carbons (Fsp3) is 0.590. The minimum atomic E-state index is -2.26. The lowest BCUT2D eigenvalue weighted by Gasteiger charge is -2.32. The molecule has 3 aliphatic rings. The van der Waals surface area contributed by atoms with Crippen molar-refractivity contribution in [2.45, 2.75) is 202 Å². The number of carboxylic acids is 4. The average Bonchev–Trinajstić information content (AvgIpc) is 1.64. The highest BCUT2D eigenvalue weighted by atomic mass is 32.2. The molecule has 19 N–H and O–H groups in total. The van der Waals surface area contributed by atoms with Crippen molar-refractivity contribution in [1.29, 1.82) is 0 Å². The van der Waals surface area contributed by atoms with Crippen LogP contribution in [-0.4, -0.2) is 227 Å². The van der Waals surface area contributed by atoms with E-state index in [1.54, 1.807) is 52.0 Å². The van der Waals surface area contributed by atoms with Gasteiger partial charge in [-0.15, -0.1) is 11.8 Å². The van der Waals surface area contributed by atoms with Crippen molar-refractivity contribution >= 4 is 123 Å². The Morgan fingerprint density at radius 1 is 0.531 bits per heavy atom. The average molecular weight is 1400 g/mol.